The Balaban J connectivity index is 1.63. The molecule has 0 spiro atoms. The van der Waals surface area contributed by atoms with E-state index in [4.69, 9.17) is 4.74 Å². The van der Waals surface area contributed by atoms with Crippen LogP contribution in [-0.2, 0) is 9.53 Å². The lowest BCUT2D eigenvalue weighted by molar-refractivity contribution is -0.137. The molecule has 0 aromatic carbocycles. The van der Waals surface area contributed by atoms with Crippen LogP contribution in [0.4, 0.5) is 0 Å². The minimum atomic E-state index is -0.166. The van der Waals surface area contributed by atoms with Gasteiger partial charge < -0.3 is 9.84 Å². The van der Waals surface area contributed by atoms with Crippen LogP contribution in [0.5, 0.6) is 0 Å². The molecular formula is C18H28O3. The van der Waals surface area contributed by atoms with E-state index < -0.39 is 0 Å². The zero-order chi connectivity index (χ0) is 14.8. The third-order valence-corrected chi connectivity index (χ3v) is 6.01. The first-order valence-electron chi connectivity index (χ1n) is 8.71. The van der Waals surface area contributed by atoms with Gasteiger partial charge in [0.05, 0.1) is 12.7 Å². The predicted molar refractivity (Wildman–Crippen MR) is 81.6 cm³/mol. The van der Waals surface area contributed by atoms with Gasteiger partial charge in [0.1, 0.15) is 0 Å². The van der Waals surface area contributed by atoms with Gasteiger partial charge in [-0.3, -0.25) is 0 Å². The Kier molecular flexibility index (Phi) is 4.68. The highest BCUT2D eigenvalue weighted by Crippen LogP contribution is 2.52. The SMILES string of the molecule is CCOC(=O)/C=C1/CC[C@@H]2[C@H](CC[C@@H]3C[C@@H](O)CC[C@H]32)C1. The van der Waals surface area contributed by atoms with Crippen LogP contribution in [0, 0.1) is 23.7 Å². The van der Waals surface area contributed by atoms with Crippen molar-refractivity contribution in [1.82, 2.24) is 0 Å². The first-order chi connectivity index (χ1) is 10.2. The maximum absolute atomic E-state index is 11.6. The minimum Gasteiger partial charge on any atom is -0.463 e. The molecular weight excluding hydrogens is 264 g/mol. The van der Waals surface area contributed by atoms with Crippen LogP contribution in [0.15, 0.2) is 11.6 Å². The summed E-state index contributed by atoms with van der Waals surface area (Å²) in [6.45, 7) is 2.31. The zero-order valence-corrected chi connectivity index (χ0v) is 13.1. The van der Waals surface area contributed by atoms with Gasteiger partial charge in [0.25, 0.3) is 0 Å². The molecule has 0 radical (unpaired) electrons. The fourth-order valence-electron chi connectivity index (χ4n) is 5.13. The second-order valence-corrected chi connectivity index (χ2v) is 7.19. The van der Waals surface area contributed by atoms with Gasteiger partial charge in [-0.1, -0.05) is 5.57 Å². The van der Waals surface area contributed by atoms with E-state index in [9.17, 15) is 9.90 Å². The van der Waals surface area contributed by atoms with E-state index in [2.05, 4.69) is 0 Å². The predicted octanol–water partition coefficient (Wildman–Crippen LogP) is 3.46. The van der Waals surface area contributed by atoms with Crippen LogP contribution in [0.1, 0.15) is 58.3 Å². The molecule has 0 heterocycles. The molecule has 21 heavy (non-hydrogen) atoms. The van der Waals surface area contributed by atoms with Crippen molar-refractivity contribution < 1.29 is 14.6 Å². The summed E-state index contributed by atoms with van der Waals surface area (Å²) in [5.41, 5.74) is 1.30. The molecule has 3 rings (SSSR count). The van der Waals surface area contributed by atoms with Gasteiger partial charge in [-0.2, -0.15) is 0 Å². The van der Waals surface area contributed by atoms with Gasteiger partial charge in [-0.25, -0.2) is 4.79 Å². The third kappa shape index (κ3) is 3.33. The topological polar surface area (TPSA) is 46.5 Å². The molecule has 0 bridgehead atoms. The Morgan fingerprint density at radius 3 is 2.76 bits per heavy atom. The number of aliphatic hydroxyl groups is 1. The Morgan fingerprint density at radius 1 is 1.19 bits per heavy atom. The van der Waals surface area contributed by atoms with Crippen molar-refractivity contribution in [3.8, 4) is 0 Å². The smallest absolute Gasteiger partial charge is 0.330 e. The maximum atomic E-state index is 11.6. The Labute approximate surface area is 127 Å². The normalized spacial score (nSPS) is 41.2. The average molecular weight is 292 g/mol. The molecule has 5 atom stereocenters. The summed E-state index contributed by atoms with van der Waals surface area (Å²) in [5, 5.41) is 9.88. The Morgan fingerprint density at radius 2 is 1.95 bits per heavy atom. The number of rotatable bonds is 2. The molecule has 3 aliphatic carbocycles. The number of fused-ring (bicyclic) bond motifs is 3. The second-order valence-electron chi connectivity index (χ2n) is 7.19. The van der Waals surface area contributed by atoms with Gasteiger partial charge in [0.2, 0.25) is 0 Å². The van der Waals surface area contributed by atoms with Crippen molar-refractivity contribution in [3.05, 3.63) is 11.6 Å². The van der Waals surface area contributed by atoms with Crippen LogP contribution >= 0.6 is 0 Å². The van der Waals surface area contributed by atoms with Crippen LogP contribution < -0.4 is 0 Å². The van der Waals surface area contributed by atoms with Crippen LogP contribution in [-0.4, -0.2) is 23.8 Å². The molecule has 3 nitrogen and oxygen atoms in total. The van der Waals surface area contributed by atoms with Crippen molar-refractivity contribution >= 4 is 5.97 Å². The first kappa shape index (κ1) is 15.1. The quantitative estimate of drug-likeness (QED) is 0.626. The summed E-state index contributed by atoms with van der Waals surface area (Å²) < 4.78 is 5.04. The number of hydrogen-bond donors (Lipinski definition) is 1. The molecule has 0 amide bonds. The fourth-order valence-corrected chi connectivity index (χ4v) is 5.13. The lowest BCUT2D eigenvalue weighted by Gasteiger charge is -2.49. The van der Waals surface area contributed by atoms with E-state index >= 15 is 0 Å². The van der Waals surface area contributed by atoms with E-state index in [1.165, 1.54) is 31.3 Å². The summed E-state index contributed by atoms with van der Waals surface area (Å²) in [4.78, 5) is 11.6. The van der Waals surface area contributed by atoms with E-state index in [1.54, 1.807) is 6.08 Å². The lowest BCUT2D eigenvalue weighted by atomic mass is 9.57. The third-order valence-electron chi connectivity index (χ3n) is 6.01. The summed E-state index contributed by atoms with van der Waals surface area (Å²) in [5.74, 6) is 3.01. The number of carbonyl (C=O) groups is 1. The maximum Gasteiger partial charge on any atom is 0.330 e. The molecule has 0 aliphatic heterocycles. The molecule has 3 fully saturated rings. The summed E-state index contributed by atoms with van der Waals surface area (Å²) >= 11 is 0. The fraction of sp³-hybridized carbons (Fsp3) is 0.833. The second kappa shape index (κ2) is 6.51. The standard InChI is InChI=1S/C18H28O3/c1-2-21-18(20)10-12-3-7-16-13(9-12)4-5-14-11-15(19)6-8-17(14)16/h10,13-17,19H,2-9,11H2,1H3/b12-10-/t13-,14-,15+,16-,17-/m1/s1. The molecule has 0 unspecified atom stereocenters. The largest absolute Gasteiger partial charge is 0.463 e. The number of aliphatic hydroxyl groups excluding tert-OH is 1. The van der Waals surface area contributed by atoms with Crippen molar-refractivity contribution in [1.29, 1.82) is 0 Å². The number of esters is 1. The molecule has 3 aliphatic rings. The van der Waals surface area contributed by atoms with E-state index in [1.807, 2.05) is 6.92 Å². The van der Waals surface area contributed by atoms with E-state index in [-0.39, 0.29) is 12.1 Å². The molecule has 0 aromatic heterocycles. The zero-order valence-electron chi connectivity index (χ0n) is 13.1. The first-order valence-corrected chi connectivity index (χ1v) is 8.71. The number of hydrogen-bond acceptors (Lipinski definition) is 3. The number of carbonyl (C=O) groups excluding carboxylic acids is 1. The van der Waals surface area contributed by atoms with E-state index in [0.29, 0.717) is 6.61 Å². The van der Waals surface area contributed by atoms with Gasteiger partial charge in [-0.05, 0) is 82.0 Å². The minimum absolute atomic E-state index is 0.0503. The summed E-state index contributed by atoms with van der Waals surface area (Å²) in [7, 11) is 0. The molecule has 118 valence electrons. The van der Waals surface area contributed by atoms with Gasteiger partial charge >= 0.3 is 5.97 Å². The van der Waals surface area contributed by atoms with Crippen LogP contribution in [0.3, 0.4) is 0 Å². The average Bonchev–Trinajstić information content (AvgIpc) is 2.46. The number of ether oxygens (including phenoxy) is 1. The highest BCUT2D eigenvalue weighted by Gasteiger charge is 2.43. The van der Waals surface area contributed by atoms with E-state index in [0.717, 1.165) is 49.4 Å². The van der Waals surface area contributed by atoms with Crippen molar-refractivity contribution in [2.75, 3.05) is 6.61 Å². The summed E-state index contributed by atoms with van der Waals surface area (Å²) in [6, 6.07) is 0. The molecule has 1 N–H and O–H groups in total. The molecule has 3 heteroatoms. The van der Waals surface area contributed by atoms with Gasteiger partial charge in [0.15, 0.2) is 0 Å². The molecule has 3 saturated carbocycles. The highest BCUT2D eigenvalue weighted by molar-refractivity contribution is 5.82. The Bertz CT molecular complexity index is 415. The monoisotopic (exact) mass is 292 g/mol. The highest BCUT2D eigenvalue weighted by atomic mass is 16.5. The van der Waals surface area contributed by atoms with Gasteiger partial charge in [0, 0.05) is 6.08 Å². The van der Waals surface area contributed by atoms with Crippen molar-refractivity contribution in [2.24, 2.45) is 23.7 Å². The number of allylic oxidation sites excluding steroid dienone is 1. The van der Waals surface area contributed by atoms with Crippen LogP contribution in [0.2, 0.25) is 0 Å². The lowest BCUT2D eigenvalue weighted by Crippen LogP contribution is -2.41. The molecule has 0 saturated heterocycles. The molecule has 0 aromatic rings. The van der Waals surface area contributed by atoms with Crippen molar-refractivity contribution in [2.45, 2.75) is 64.4 Å². The van der Waals surface area contributed by atoms with Crippen LogP contribution in [0.25, 0.3) is 0 Å². The van der Waals surface area contributed by atoms with Gasteiger partial charge in [-0.15, -0.1) is 0 Å². The van der Waals surface area contributed by atoms with Crippen molar-refractivity contribution in [3.63, 3.8) is 0 Å². The summed E-state index contributed by atoms with van der Waals surface area (Å²) in [6.07, 6.45) is 10.9. The Hall–Kier alpha value is -0.830.